The van der Waals surface area contributed by atoms with Gasteiger partial charge < -0.3 is 29.7 Å². The Kier molecular flexibility index (Phi) is 10.1. The number of fused-ring (bicyclic) bond motifs is 2. The van der Waals surface area contributed by atoms with Gasteiger partial charge in [0.25, 0.3) is 5.91 Å². The fourth-order valence-corrected chi connectivity index (χ4v) is 8.02. The Hall–Kier alpha value is -4.37. The van der Waals surface area contributed by atoms with Crippen molar-refractivity contribution in [2.75, 3.05) is 71.3 Å². The lowest BCUT2D eigenvalue weighted by Crippen LogP contribution is -2.56. The summed E-state index contributed by atoms with van der Waals surface area (Å²) in [7, 11) is 2.12. The molecule has 5 heterocycles. The van der Waals surface area contributed by atoms with Crippen LogP contribution in [-0.2, 0) is 28.5 Å². The highest BCUT2D eigenvalue weighted by molar-refractivity contribution is 5.91. The molecule has 3 aromatic rings. The number of H-pyrrole nitrogens is 1. The maximum Gasteiger partial charge on any atom is 0.418 e. The molecular weight excluding hydrogens is 665 g/mol. The smallest absolute Gasteiger partial charge is 0.418 e. The number of urea groups is 1. The highest BCUT2D eigenvalue weighted by atomic mass is 19.4. The third kappa shape index (κ3) is 7.78. The second-order valence-electron chi connectivity index (χ2n) is 14.2. The number of piperazine rings is 1. The van der Waals surface area contributed by atoms with Crippen LogP contribution in [0.1, 0.15) is 42.4 Å². The molecule has 0 saturated carbocycles. The zero-order valence-corrected chi connectivity index (χ0v) is 28.8. The van der Waals surface area contributed by atoms with Crippen molar-refractivity contribution in [2.45, 2.75) is 62.9 Å². The topological polar surface area (TPSA) is 117 Å². The summed E-state index contributed by atoms with van der Waals surface area (Å²) < 4.78 is 48.1. The van der Waals surface area contributed by atoms with Crippen molar-refractivity contribution >= 4 is 34.6 Å². The molecule has 4 amide bonds. The van der Waals surface area contributed by atoms with E-state index in [1.54, 1.807) is 11.0 Å². The van der Waals surface area contributed by atoms with E-state index in [0.717, 1.165) is 43.2 Å². The van der Waals surface area contributed by atoms with Gasteiger partial charge >= 0.3 is 18.3 Å². The van der Waals surface area contributed by atoms with E-state index < -0.39 is 29.8 Å². The van der Waals surface area contributed by atoms with E-state index in [1.807, 2.05) is 29.2 Å². The van der Waals surface area contributed by atoms with E-state index >= 15 is 0 Å². The number of carbonyl (C=O) groups excluding carboxylic acids is 3. The molecule has 0 bridgehead atoms. The van der Waals surface area contributed by atoms with Gasteiger partial charge in [-0.25, -0.2) is 9.59 Å². The summed E-state index contributed by atoms with van der Waals surface area (Å²) in [4.78, 5) is 50.6. The highest BCUT2D eigenvalue weighted by Gasteiger charge is 2.38. The lowest BCUT2D eigenvalue weighted by atomic mass is 10.00. The number of aromatic amines is 1. The van der Waals surface area contributed by atoms with Gasteiger partial charge in [-0.05, 0) is 81.6 Å². The first kappa shape index (κ1) is 35.1. The zero-order chi connectivity index (χ0) is 35.7. The monoisotopic (exact) mass is 710 g/mol. The molecule has 1 atom stereocenters. The summed E-state index contributed by atoms with van der Waals surface area (Å²) in [5, 5.41) is 9.48. The summed E-state index contributed by atoms with van der Waals surface area (Å²) >= 11 is 0. The van der Waals surface area contributed by atoms with E-state index in [4.69, 9.17) is 4.74 Å². The van der Waals surface area contributed by atoms with Crippen molar-refractivity contribution < 1.29 is 32.3 Å². The summed E-state index contributed by atoms with van der Waals surface area (Å²) in [5.74, 6) is -0.414. The fourth-order valence-electron chi connectivity index (χ4n) is 8.02. The van der Waals surface area contributed by atoms with Gasteiger partial charge in [0.15, 0.2) is 6.10 Å². The number of halogens is 3. The number of benzene rings is 2. The van der Waals surface area contributed by atoms with Gasteiger partial charge in [0, 0.05) is 75.4 Å². The molecule has 4 aliphatic rings. The van der Waals surface area contributed by atoms with Crippen LogP contribution in [-0.4, -0.2) is 137 Å². The molecule has 4 aliphatic heterocycles. The van der Waals surface area contributed by atoms with Crippen LogP contribution in [0.4, 0.5) is 28.4 Å². The van der Waals surface area contributed by atoms with Crippen LogP contribution in [0.2, 0.25) is 0 Å². The van der Waals surface area contributed by atoms with E-state index in [2.05, 4.69) is 32.4 Å². The van der Waals surface area contributed by atoms with Crippen molar-refractivity contribution in [3.8, 4) is 0 Å². The zero-order valence-electron chi connectivity index (χ0n) is 28.8. The van der Waals surface area contributed by atoms with Gasteiger partial charge in [-0.2, -0.15) is 18.3 Å². The maximum atomic E-state index is 14.1. The van der Waals surface area contributed by atoms with Gasteiger partial charge in [-0.1, -0.05) is 18.2 Å². The van der Waals surface area contributed by atoms with E-state index in [0.29, 0.717) is 71.1 Å². The SMILES string of the molecule is CN1CCC(N2CCN(C(=O)[C@@H](Cc3cc(C(F)(F)F)c4[nH]ncc4c3)OC(=O)N3CCC(N4CCc5ccccc5NC4=O)CC3)CC2)CC1. The quantitative estimate of drug-likeness (QED) is 0.389. The fraction of sp³-hybridized carbons (Fsp3) is 0.556. The normalized spacial score (nSPS) is 20.9. The van der Waals surface area contributed by atoms with E-state index in [9.17, 15) is 27.6 Å². The molecule has 2 N–H and O–H groups in total. The minimum Gasteiger partial charge on any atom is -0.436 e. The lowest BCUT2D eigenvalue weighted by Gasteiger charge is -2.42. The van der Waals surface area contributed by atoms with Gasteiger partial charge in [0.1, 0.15) is 0 Å². The van der Waals surface area contributed by atoms with Gasteiger partial charge in [0.05, 0.1) is 17.3 Å². The van der Waals surface area contributed by atoms with E-state index in [-0.39, 0.29) is 35.0 Å². The number of nitrogens with zero attached hydrogens (tertiary/aromatic N) is 6. The van der Waals surface area contributed by atoms with Crippen LogP contribution in [0.15, 0.2) is 42.6 Å². The Bertz CT molecular complexity index is 1730. The van der Waals surface area contributed by atoms with Crippen LogP contribution in [0.25, 0.3) is 10.9 Å². The third-order valence-electron chi connectivity index (χ3n) is 11.0. The largest absolute Gasteiger partial charge is 0.436 e. The van der Waals surface area contributed by atoms with Crippen molar-refractivity contribution in [3.05, 3.63) is 59.3 Å². The second-order valence-corrected chi connectivity index (χ2v) is 14.2. The van der Waals surface area contributed by atoms with Crippen LogP contribution in [0.3, 0.4) is 0 Å². The number of ether oxygens (including phenoxy) is 1. The summed E-state index contributed by atoms with van der Waals surface area (Å²) in [6.45, 7) is 5.50. The third-order valence-corrected chi connectivity index (χ3v) is 11.0. The molecule has 0 spiro atoms. The summed E-state index contributed by atoms with van der Waals surface area (Å²) in [6.07, 6.45) is -1.65. The number of nitrogens with one attached hydrogen (secondary N) is 2. The number of hydrogen-bond acceptors (Lipinski definition) is 7. The number of amides is 4. The molecule has 15 heteroatoms. The Labute approximate surface area is 294 Å². The minimum absolute atomic E-state index is 0.0795. The first-order valence-electron chi connectivity index (χ1n) is 17.9. The van der Waals surface area contributed by atoms with Crippen molar-refractivity contribution in [1.29, 1.82) is 0 Å². The van der Waals surface area contributed by atoms with Crippen LogP contribution in [0.5, 0.6) is 0 Å². The second kappa shape index (κ2) is 14.7. The molecule has 274 valence electrons. The molecule has 3 saturated heterocycles. The maximum absolute atomic E-state index is 14.1. The molecule has 7 rings (SSSR count). The molecule has 1 aromatic heterocycles. The highest BCUT2D eigenvalue weighted by Crippen LogP contribution is 2.35. The molecule has 0 radical (unpaired) electrons. The number of rotatable bonds is 6. The number of aromatic nitrogens is 2. The van der Waals surface area contributed by atoms with Crippen molar-refractivity contribution in [1.82, 2.24) is 34.7 Å². The first-order chi connectivity index (χ1) is 24.5. The number of alkyl halides is 3. The Balaban J connectivity index is 1.03. The first-order valence-corrected chi connectivity index (χ1v) is 17.9. The molecule has 51 heavy (non-hydrogen) atoms. The Morgan fingerprint density at radius 2 is 1.63 bits per heavy atom. The number of piperidine rings is 2. The lowest BCUT2D eigenvalue weighted by molar-refractivity contribution is -0.143. The number of hydrogen-bond donors (Lipinski definition) is 2. The Morgan fingerprint density at radius 3 is 2.35 bits per heavy atom. The molecule has 0 unspecified atom stereocenters. The average Bonchev–Trinajstić information content (AvgIpc) is 3.53. The summed E-state index contributed by atoms with van der Waals surface area (Å²) in [6, 6.07) is 10.5. The summed E-state index contributed by atoms with van der Waals surface area (Å²) in [5.41, 5.74) is 1.07. The van der Waals surface area contributed by atoms with Crippen LogP contribution >= 0.6 is 0 Å². The minimum atomic E-state index is -4.65. The molecular formula is C36H45F3N8O4. The van der Waals surface area contributed by atoms with Crippen LogP contribution in [0, 0.1) is 0 Å². The molecule has 3 fully saturated rings. The standard InChI is InChI=1S/C36H45F3N8O4/c1-43-11-7-27(8-12-43)44-16-18-45(19-17-44)33(48)31(22-24-20-26-23-40-42-32(26)29(21-24)36(37,38)39)51-35(50)46-13-9-28(10-14-46)47-15-6-25-4-2-3-5-30(25)41-34(47)49/h2-5,20-21,23,27-28,31H,6-19,22H2,1H3,(H,40,42)(H,41,49)/t31-/m1/s1. The number of anilines is 1. The predicted octanol–water partition coefficient (Wildman–Crippen LogP) is 4.42. The number of para-hydroxylation sites is 1. The number of likely N-dealkylation sites (tertiary alicyclic amines) is 2. The average molecular weight is 711 g/mol. The predicted molar refractivity (Wildman–Crippen MR) is 184 cm³/mol. The van der Waals surface area contributed by atoms with Crippen LogP contribution < -0.4 is 5.32 Å². The van der Waals surface area contributed by atoms with Crippen molar-refractivity contribution in [3.63, 3.8) is 0 Å². The molecule has 2 aromatic carbocycles. The van der Waals surface area contributed by atoms with Gasteiger partial charge in [-0.15, -0.1) is 0 Å². The Morgan fingerprint density at radius 1 is 0.922 bits per heavy atom. The molecule has 12 nitrogen and oxygen atoms in total. The van der Waals surface area contributed by atoms with Crippen molar-refractivity contribution in [2.24, 2.45) is 0 Å². The van der Waals surface area contributed by atoms with Gasteiger partial charge in [0.2, 0.25) is 0 Å². The molecule has 0 aliphatic carbocycles. The van der Waals surface area contributed by atoms with Gasteiger partial charge in [-0.3, -0.25) is 14.8 Å². The van der Waals surface area contributed by atoms with E-state index in [1.165, 1.54) is 11.1 Å². The number of carbonyl (C=O) groups is 3.